The summed E-state index contributed by atoms with van der Waals surface area (Å²) in [6, 6.07) is 8.57. The maximum atomic E-state index is 12.3. The molecule has 2 atom stereocenters. The minimum atomic E-state index is -0.152. The summed E-state index contributed by atoms with van der Waals surface area (Å²) in [7, 11) is 1.42. The van der Waals surface area contributed by atoms with E-state index >= 15 is 0 Å². The van der Waals surface area contributed by atoms with Gasteiger partial charge in [0.05, 0.1) is 7.11 Å². The normalized spacial score (nSPS) is 19.7. The number of ether oxygens (including phenoxy) is 1. The second-order valence-corrected chi connectivity index (χ2v) is 6.30. The van der Waals surface area contributed by atoms with Crippen LogP contribution in [0.25, 0.3) is 0 Å². The van der Waals surface area contributed by atoms with E-state index in [1.807, 2.05) is 30.0 Å². The van der Waals surface area contributed by atoms with Gasteiger partial charge in [-0.2, -0.15) is 0 Å². The summed E-state index contributed by atoms with van der Waals surface area (Å²) in [5.41, 5.74) is 2.21. The lowest BCUT2D eigenvalue weighted by Gasteiger charge is -2.39. The largest absolute Gasteiger partial charge is 0.469 e. The molecule has 0 unspecified atom stereocenters. The first-order valence-corrected chi connectivity index (χ1v) is 8.79. The molecule has 1 heterocycles. The molecule has 1 aliphatic heterocycles. The summed E-state index contributed by atoms with van der Waals surface area (Å²) in [4.78, 5) is 25.4. The first-order valence-electron chi connectivity index (χ1n) is 8.79. The van der Waals surface area contributed by atoms with Crippen LogP contribution in [-0.2, 0) is 14.3 Å². The van der Waals surface area contributed by atoms with E-state index in [1.165, 1.54) is 12.7 Å². The maximum Gasteiger partial charge on any atom is 0.305 e. The van der Waals surface area contributed by atoms with Gasteiger partial charge >= 0.3 is 5.97 Å². The van der Waals surface area contributed by atoms with Crippen molar-refractivity contribution in [3.05, 3.63) is 29.8 Å². The van der Waals surface area contributed by atoms with E-state index in [1.54, 1.807) is 0 Å². The third-order valence-corrected chi connectivity index (χ3v) is 4.59. The van der Waals surface area contributed by atoms with Gasteiger partial charge in [-0.3, -0.25) is 9.59 Å². The topological polar surface area (TPSA) is 58.6 Å². The third kappa shape index (κ3) is 4.35. The molecule has 5 nitrogen and oxygen atoms in total. The highest BCUT2D eigenvalue weighted by atomic mass is 16.5. The highest BCUT2D eigenvalue weighted by Gasteiger charge is 2.32. The number of nitrogens with zero attached hydrogens (tertiary/aromatic N) is 1. The Morgan fingerprint density at radius 3 is 2.75 bits per heavy atom. The number of nitrogens with one attached hydrogen (secondary N) is 1. The highest BCUT2D eigenvalue weighted by Crippen LogP contribution is 2.37. The average Bonchev–Trinajstić information content (AvgIpc) is 2.60. The van der Waals surface area contributed by atoms with Crippen molar-refractivity contribution in [1.82, 2.24) is 5.32 Å². The Morgan fingerprint density at radius 2 is 2.04 bits per heavy atom. The number of carbonyl (C=O) groups excluding carboxylic acids is 2. The first-order chi connectivity index (χ1) is 11.6. The van der Waals surface area contributed by atoms with Crippen molar-refractivity contribution < 1.29 is 14.3 Å². The lowest BCUT2D eigenvalue weighted by Crippen LogP contribution is -2.45. The van der Waals surface area contributed by atoms with Gasteiger partial charge in [0.2, 0.25) is 5.91 Å². The molecule has 0 saturated carbocycles. The molecule has 0 fully saturated rings. The summed E-state index contributed by atoms with van der Waals surface area (Å²) in [5.74, 6) is 0.0202. The smallest absolute Gasteiger partial charge is 0.305 e. The summed E-state index contributed by atoms with van der Waals surface area (Å²) in [5, 5.41) is 3.59. The van der Waals surface area contributed by atoms with Gasteiger partial charge in [-0.15, -0.1) is 0 Å². The van der Waals surface area contributed by atoms with E-state index in [-0.39, 0.29) is 24.0 Å². The third-order valence-electron chi connectivity index (χ3n) is 4.59. The van der Waals surface area contributed by atoms with Crippen molar-refractivity contribution in [2.45, 2.75) is 58.0 Å². The Kier molecular flexibility index (Phi) is 6.79. The van der Waals surface area contributed by atoms with E-state index in [9.17, 15) is 9.59 Å². The predicted molar refractivity (Wildman–Crippen MR) is 94.9 cm³/mol. The number of amides is 1. The SMILES string of the molecule is CCC(=O)N1c2ccccc2[C@H](NCCCCC(=O)OC)C[C@@H]1C. The number of unbranched alkanes of at least 4 members (excludes halogenated alkanes) is 1. The number of benzene rings is 1. The molecule has 1 aliphatic rings. The fraction of sp³-hybridized carbons (Fsp3) is 0.579. The van der Waals surface area contributed by atoms with E-state index in [4.69, 9.17) is 0 Å². The standard InChI is InChI=1S/C19H28N2O3/c1-4-18(22)21-14(2)13-16(15-9-5-6-10-17(15)21)20-12-8-7-11-19(23)24-3/h5-6,9-10,14,16,20H,4,7-8,11-13H2,1-3H3/t14-,16+/m0/s1. The Hall–Kier alpha value is -1.88. The zero-order valence-electron chi connectivity index (χ0n) is 14.9. The van der Waals surface area contributed by atoms with Crippen LogP contribution in [0, 0.1) is 0 Å². The molecular weight excluding hydrogens is 304 g/mol. The first kappa shape index (κ1) is 18.5. The van der Waals surface area contributed by atoms with E-state index < -0.39 is 0 Å². The lowest BCUT2D eigenvalue weighted by atomic mass is 9.91. The van der Waals surface area contributed by atoms with Gasteiger partial charge < -0.3 is 15.0 Å². The van der Waals surface area contributed by atoms with Crippen LogP contribution < -0.4 is 10.2 Å². The van der Waals surface area contributed by atoms with Crippen molar-refractivity contribution in [2.24, 2.45) is 0 Å². The van der Waals surface area contributed by atoms with Gasteiger partial charge in [-0.05, 0) is 44.4 Å². The van der Waals surface area contributed by atoms with Gasteiger partial charge in [-0.25, -0.2) is 0 Å². The molecule has 5 heteroatoms. The molecule has 0 aromatic heterocycles. The number of esters is 1. The summed E-state index contributed by atoms with van der Waals surface area (Å²) >= 11 is 0. The van der Waals surface area contributed by atoms with Crippen molar-refractivity contribution >= 4 is 17.6 Å². The maximum absolute atomic E-state index is 12.3. The number of anilines is 1. The number of rotatable bonds is 7. The minimum absolute atomic E-state index is 0.152. The molecule has 0 radical (unpaired) electrons. The number of carbonyl (C=O) groups is 2. The van der Waals surface area contributed by atoms with Crippen LogP contribution in [0.1, 0.15) is 57.6 Å². The zero-order valence-corrected chi connectivity index (χ0v) is 14.9. The molecule has 0 spiro atoms. The van der Waals surface area contributed by atoms with Crippen LogP contribution in [0.4, 0.5) is 5.69 Å². The second kappa shape index (κ2) is 8.83. The molecule has 0 saturated heterocycles. The Bertz CT molecular complexity index is 573. The fourth-order valence-electron chi connectivity index (χ4n) is 3.33. The highest BCUT2D eigenvalue weighted by molar-refractivity contribution is 5.95. The van der Waals surface area contributed by atoms with Gasteiger partial charge in [0, 0.05) is 30.6 Å². The molecule has 1 amide bonds. The Morgan fingerprint density at radius 1 is 1.29 bits per heavy atom. The number of hydrogen-bond acceptors (Lipinski definition) is 4. The Balaban J connectivity index is 1.99. The lowest BCUT2D eigenvalue weighted by molar-refractivity contribution is -0.140. The van der Waals surface area contributed by atoms with Crippen LogP contribution in [0.2, 0.25) is 0 Å². The van der Waals surface area contributed by atoms with Crippen LogP contribution in [0.3, 0.4) is 0 Å². The van der Waals surface area contributed by atoms with E-state index in [0.717, 1.165) is 31.5 Å². The van der Waals surface area contributed by atoms with Crippen LogP contribution >= 0.6 is 0 Å². The monoisotopic (exact) mass is 332 g/mol. The number of methoxy groups -OCH3 is 1. The summed E-state index contributed by atoms with van der Waals surface area (Å²) < 4.78 is 4.66. The van der Waals surface area contributed by atoms with E-state index in [2.05, 4.69) is 23.0 Å². The molecule has 132 valence electrons. The van der Waals surface area contributed by atoms with Gasteiger partial charge in [0.25, 0.3) is 0 Å². The quantitative estimate of drug-likeness (QED) is 0.615. The molecular formula is C19H28N2O3. The van der Waals surface area contributed by atoms with Crippen molar-refractivity contribution in [3.63, 3.8) is 0 Å². The van der Waals surface area contributed by atoms with Gasteiger partial charge in [-0.1, -0.05) is 25.1 Å². The van der Waals surface area contributed by atoms with Crippen LogP contribution in [-0.4, -0.2) is 31.6 Å². The average molecular weight is 332 g/mol. The molecule has 1 aromatic carbocycles. The van der Waals surface area contributed by atoms with Crippen LogP contribution in [0.5, 0.6) is 0 Å². The fourth-order valence-corrected chi connectivity index (χ4v) is 3.33. The van der Waals surface area contributed by atoms with Crippen molar-refractivity contribution in [1.29, 1.82) is 0 Å². The van der Waals surface area contributed by atoms with Gasteiger partial charge in [0.15, 0.2) is 0 Å². The Labute approximate surface area is 144 Å². The second-order valence-electron chi connectivity index (χ2n) is 6.30. The molecule has 0 bridgehead atoms. The molecule has 1 N–H and O–H groups in total. The number of hydrogen-bond donors (Lipinski definition) is 1. The van der Waals surface area contributed by atoms with Crippen molar-refractivity contribution in [2.75, 3.05) is 18.6 Å². The zero-order chi connectivity index (χ0) is 17.5. The van der Waals surface area contributed by atoms with Crippen LogP contribution in [0.15, 0.2) is 24.3 Å². The molecule has 2 rings (SSSR count). The summed E-state index contributed by atoms with van der Waals surface area (Å²) in [6.45, 7) is 4.86. The minimum Gasteiger partial charge on any atom is -0.469 e. The number of para-hydroxylation sites is 1. The molecule has 0 aliphatic carbocycles. The summed E-state index contributed by atoms with van der Waals surface area (Å²) in [6.07, 6.45) is 3.64. The van der Waals surface area contributed by atoms with E-state index in [0.29, 0.717) is 12.8 Å². The predicted octanol–water partition coefficient (Wildman–Crippen LogP) is 3.20. The molecule has 1 aromatic rings. The number of fused-ring (bicyclic) bond motifs is 1. The molecule has 24 heavy (non-hydrogen) atoms. The van der Waals surface area contributed by atoms with Gasteiger partial charge in [0.1, 0.15) is 0 Å². The van der Waals surface area contributed by atoms with Crippen molar-refractivity contribution in [3.8, 4) is 0 Å².